The predicted molar refractivity (Wildman–Crippen MR) is 97.0 cm³/mol. The molecule has 27 heavy (non-hydrogen) atoms. The summed E-state index contributed by atoms with van der Waals surface area (Å²) in [5.41, 5.74) is 2.14. The molecule has 4 nitrogen and oxygen atoms in total. The molecule has 2 N–H and O–H groups in total. The van der Waals surface area contributed by atoms with Crippen LogP contribution in [0.4, 0.5) is 24.7 Å². The van der Waals surface area contributed by atoms with Crippen LogP contribution in [0.1, 0.15) is 24.0 Å². The lowest BCUT2D eigenvalue weighted by atomic mass is 10.0. The fourth-order valence-electron chi connectivity index (χ4n) is 2.91. The SMILES string of the molecule is [O-][NH2+]c1cccnc1N1CCC(=CC#Cc2cccc(C(F)(F)F)c2)CC1. The van der Waals surface area contributed by atoms with E-state index in [1.807, 2.05) is 0 Å². The summed E-state index contributed by atoms with van der Waals surface area (Å²) in [7, 11) is 0. The number of alkyl halides is 3. The van der Waals surface area contributed by atoms with Gasteiger partial charge in [0, 0.05) is 30.9 Å². The molecule has 0 radical (unpaired) electrons. The van der Waals surface area contributed by atoms with Crippen LogP contribution in [0.2, 0.25) is 0 Å². The minimum Gasteiger partial charge on any atom is -0.630 e. The Hall–Kier alpha value is -2.82. The zero-order chi connectivity index (χ0) is 19.3. The first-order valence-corrected chi connectivity index (χ1v) is 8.49. The first kappa shape index (κ1) is 19.0. The quantitative estimate of drug-likeness (QED) is 0.649. The van der Waals surface area contributed by atoms with E-state index in [4.69, 9.17) is 0 Å². The highest BCUT2D eigenvalue weighted by molar-refractivity contribution is 5.57. The molecule has 0 amide bonds. The first-order chi connectivity index (χ1) is 13.0. The van der Waals surface area contributed by atoms with Gasteiger partial charge in [0.05, 0.1) is 5.56 Å². The third kappa shape index (κ3) is 4.88. The van der Waals surface area contributed by atoms with Crippen LogP contribution in [0.3, 0.4) is 0 Å². The van der Waals surface area contributed by atoms with E-state index in [1.165, 1.54) is 6.07 Å². The second-order valence-electron chi connectivity index (χ2n) is 6.17. The standard InChI is InChI=1S/C20H18F3N3O/c21-20(22,23)17-7-2-6-16(14-17)5-1-4-15-9-12-26(13-10-15)19-18(25-27)8-3-11-24-19/h2-4,6-8,11,14H,9-10,12-13,25H2. The molecule has 1 aromatic carbocycles. The number of aromatic nitrogens is 1. The van der Waals surface area contributed by atoms with Crippen molar-refractivity contribution >= 4 is 11.5 Å². The normalized spacial score (nSPS) is 14.5. The number of hydrogen-bond acceptors (Lipinski definition) is 3. The summed E-state index contributed by atoms with van der Waals surface area (Å²) in [4.78, 5) is 6.34. The maximum absolute atomic E-state index is 12.7. The van der Waals surface area contributed by atoms with Crippen molar-refractivity contribution in [1.29, 1.82) is 0 Å². The molecule has 1 fully saturated rings. The van der Waals surface area contributed by atoms with Crippen molar-refractivity contribution in [3.63, 3.8) is 0 Å². The first-order valence-electron chi connectivity index (χ1n) is 8.49. The van der Waals surface area contributed by atoms with Crippen LogP contribution in [0.5, 0.6) is 0 Å². The number of hydrogen-bond donors (Lipinski definition) is 1. The van der Waals surface area contributed by atoms with Crippen LogP contribution in [-0.2, 0) is 6.18 Å². The number of halogens is 3. The highest BCUT2D eigenvalue weighted by Gasteiger charge is 2.30. The number of anilines is 1. The summed E-state index contributed by atoms with van der Waals surface area (Å²) in [5, 5.41) is 11.1. The molecule has 0 unspecified atom stereocenters. The van der Waals surface area contributed by atoms with Gasteiger partial charge < -0.3 is 15.6 Å². The Morgan fingerprint density at radius 2 is 1.93 bits per heavy atom. The van der Waals surface area contributed by atoms with E-state index in [1.54, 1.807) is 30.5 Å². The fourth-order valence-corrected chi connectivity index (χ4v) is 2.91. The van der Waals surface area contributed by atoms with Gasteiger partial charge >= 0.3 is 6.18 Å². The van der Waals surface area contributed by atoms with Crippen molar-refractivity contribution in [1.82, 2.24) is 4.98 Å². The molecular weight excluding hydrogens is 355 g/mol. The van der Waals surface area contributed by atoms with Gasteiger partial charge in [0.1, 0.15) is 0 Å². The Morgan fingerprint density at radius 1 is 1.15 bits per heavy atom. The van der Waals surface area contributed by atoms with Crippen LogP contribution in [0, 0.1) is 17.0 Å². The average molecular weight is 373 g/mol. The minimum atomic E-state index is -4.37. The van der Waals surface area contributed by atoms with Crippen molar-refractivity contribution in [2.45, 2.75) is 19.0 Å². The maximum atomic E-state index is 12.7. The highest BCUT2D eigenvalue weighted by Crippen LogP contribution is 2.29. The van der Waals surface area contributed by atoms with Crippen LogP contribution in [0.15, 0.2) is 54.2 Å². The summed E-state index contributed by atoms with van der Waals surface area (Å²) in [6.07, 6.45) is 0.609. The topological polar surface area (TPSA) is 55.8 Å². The number of nitrogens with zero attached hydrogens (tertiary/aromatic N) is 2. The van der Waals surface area contributed by atoms with Gasteiger partial charge in [-0.1, -0.05) is 23.5 Å². The molecule has 1 aromatic heterocycles. The maximum Gasteiger partial charge on any atom is 0.416 e. The van der Waals surface area contributed by atoms with Gasteiger partial charge in [0.2, 0.25) is 0 Å². The molecule has 2 aromatic rings. The largest absolute Gasteiger partial charge is 0.630 e. The number of allylic oxidation sites excluding steroid dienone is 1. The van der Waals surface area contributed by atoms with Crippen molar-refractivity contribution in [3.05, 3.63) is 70.6 Å². The van der Waals surface area contributed by atoms with Crippen LogP contribution >= 0.6 is 0 Å². The molecule has 1 aliphatic rings. The predicted octanol–water partition coefficient (Wildman–Crippen LogP) is 3.37. The van der Waals surface area contributed by atoms with Gasteiger partial charge in [0.15, 0.2) is 11.5 Å². The highest BCUT2D eigenvalue weighted by atomic mass is 19.4. The van der Waals surface area contributed by atoms with Crippen molar-refractivity contribution in [2.24, 2.45) is 0 Å². The molecule has 1 aliphatic heterocycles. The second kappa shape index (κ2) is 8.25. The summed E-state index contributed by atoms with van der Waals surface area (Å²) in [6, 6.07) is 8.47. The molecule has 3 rings (SSSR count). The minimum absolute atomic E-state index is 0.336. The van der Waals surface area contributed by atoms with E-state index in [-0.39, 0.29) is 0 Å². The van der Waals surface area contributed by atoms with Crippen LogP contribution < -0.4 is 10.4 Å². The molecule has 140 valence electrons. The molecule has 0 atom stereocenters. The van der Waals surface area contributed by atoms with E-state index in [2.05, 4.69) is 21.7 Å². The van der Waals surface area contributed by atoms with E-state index in [0.717, 1.165) is 49.1 Å². The number of benzene rings is 1. The molecule has 0 bridgehead atoms. The molecule has 0 saturated carbocycles. The Morgan fingerprint density at radius 3 is 2.63 bits per heavy atom. The van der Waals surface area contributed by atoms with Gasteiger partial charge in [-0.3, -0.25) is 0 Å². The molecular formula is C20H18F3N3O. The number of nitrogens with two attached hydrogens (primary N) is 1. The van der Waals surface area contributed by atoms with Crippen molar-refractivity contribution in [2.75, 3.05) is 18.0 Å². The van der Waals surface area contributed by atoms with Crippen molar-refractivity contribution in [3.8, 4) is 11.8 Å². The lowest BCUT2D eigenvalue weighted by molar-refractivity contribution is -0.496. The third-order valence-electron chi connectivity index (χ3n) is 4.33. The van der Waals surface area contributed by atoms with Crippen molar-refractivity contribution < 1.29 is 18.7 Å². The molecule has 1 saturated heterocycles. The van der Waals surface area contributed by atoms with Gasteiger partial charge in [-0.15, -0.1) is 0 Å². The lowest BCUT2D eigenvalue weighted by Gasteiger charge is -2.29. The summed E-state index contributed by atoms with van der Waals surface area (Å²) < 4.78 is 38.2. The number of rotatable bonds is 2. The van der Waals surface area contributed by atoms with Gasteiger partial charge in [-0.25, -0.2) is 4.98 Å². The molecule has 0 spiro atoms. The zero-order valence-electron chi connectivity index (χ0n) is 14.5. The molecule has 7 heteroatoms. The van der Waals surface area contributed by atoms with Gasteiger partial charge in [-0.2, -0.15) is 13.2 Å². The number of piperidine rings is 1. The van der Waals surface area contributed by atoms with Gasteiger partial charge in [0.25, 0.3) is 0 Å². The Kier molecular flexibility index (Phi) is 5.79. The zero-order valence-corrected chi connectivity index (χ0v) is 14.5. The van der Waals surface area contributed by atoms with Gasteiger partial charge in [-0.05, 0) is 43.2 Å². The fraction of sp³-hybridized carbons (Fsp3) is 0.250. The second-order valence-corrected chi connectivity index (χ2v) is 6.17. The average Bonchev–Trinajstić information content (AvgIpc) is 2.68. The molecule has 2 heterocycles. The number of quaternary nitrogens is 1. The Labute approximate surface area is 155 Å². The number of pyridine rings is 1. The van der Waals surface area contributed by atoms with E-state index >= 15 is 0 Å². The van der Waals surface area contributed by atoms with Crippen LogP contribution in [-0.4, -0.2) is 18.1 Å². The van der Waals surface area contributed by atoms with Crippen LogP contribution in [0.25, 0.3) is 0 Å². The van der Waals surface area contributed by atoms with E-state index in [9.17, 15) is 18.4 Å². The summed E-state index contributed by atoms with van der Waals surface area (Å²) in [6.45, 7) is 1.43. The lowest BCUT2D eigenvalue weighted by Crippen LogP contribution is -2.70. The summed E-state index contributed by atoms with van der Waals surface area (Å²) >= 11 is 0. The smallest absolute Gasteiger partial charge is 0.416 e. The Balaban J connectivity index is 1.64. The summed E-state index contributed by atoms with van der Waals surface area (Å²) in [5.74, 6) is 6.31. The van der Waals surface area contributed by atoms with E-state index in [0.29, 0.717) is 17.1 Å². The van der Waals surface area contributed by atoms with E-state index < -0.39 is 11.7 Å². The monoisotopic (exact) mass is 373 g/mol. The third-order valence-corrected chi connectivity index (χ3v) is 4.33. The molecule has 0 aliphatic carbocycles. The Bertz CT molecular complexity index is 887.